The maximum absolute atomic E-state index is 9.72. The number of phenols is 1. The van der Waals surface area contributed by atoms with E-state index in [4.69, 9.17) is 0 Å². The largest absolute Gasteiger partial charge is 0.508 e. The molecule has 0 saturated carbocycles. The zero-order valence-corrected chi connectivity index (χ0v) is 12.3. The van der Waals surface area contributed by atoms with Crippen molar-refractivity contribution in [1.29, 1.82) is 0 Å². The number of nitrogens with zero attached hydrogens (tertiary/aromatic N) is 1. The normalized spacial score (nSPS) is 14.6. The van der Waals surface area contributed by atoms with Gasteiger partial charge in [0.25, 0.3) is 0 Å². The molecule has 0 radical (unpaired) electrons. The summed E-state index contributed by atoms with van der Waals surface area (Å²) in [6.07, 6.45) is 2.62. The van der Waals surface area contributed by atoms with Crippen LogP contribution in [0.2, 0.25) is 0 Å². The molecule has 1 fully saturated rings. The molecule has 0 spiro atoms. The van der Waals surface area contributed by atoms with E-state index in [0.717, 1.165) is 12.1 Å². The van der Waals surface area contributed by atoms with Gasteiger partial charge in [-0.3, -0.25) is 0 Å². The summed E-state index contributed by atoms with van der Waals surface area (Å²) in [6, 6.07) is 16.2. The van der Waals surface area contributed by atoms with E-state index in [-0.39, 0.29) is 0 Å². The van der Waals surface area contributed by atoms with Gasteiger partial charge in [0.1, 0.15) is 5.75 Å². The van der Waals surface area contributed by atoms with Crippen LogP contribution >= 0.6 is 0 Å². The van der Waals surface area contributed by atoms with Crippen LogP contribution in [0.5, 0.6) is 5.75 Å². The Hall–Kier alpha value is -2.00. The van der Waals surface area contributed by atoms with Crippen LogP contribution < -0.4 is 10.2 Å². The molecule has 21 heavy (non-hydrogen) atoms. The van der Waals surface area contributed by atoms with E-state index in [0.29, 0.717) is 12.3 Å². The first-order chi connectivity index (χ1) is 10.3. The predicted molar refractivity (Wildman–Crippen MR) is 86.5 cm³/mol. The lowest BCUT2D eigenvalue weighted by atomic mass is 10.1. The fourth-order valence-corrected chi connectivity index (χ4v) is 2.80. The van der Waals surface area contributed by atoms with Crippen molar-refractivity contribution in [2.45, 2.75) is 25.9 Å². The first-order valence-corrected chi connectivity index (χ1v) is 7.64. The van der Waals surface area contributed by atoms with E-state index < -0.39 is 0 Å². The van der Waals surface area contributed by atoms with Crippen molar-refractivity contribution in [1.82, 2.24) is 5.32 Å². The highest BCUT2D eigenvalue weighted by molar-refractivity contribution is 5.48. The van der Waals surface area contributed by atoms with Crippen LogP contribution in [0.15, 0.2) is 48.5 Å². The number of aromatic hydroxyl groups is 1. The van der Waals surface area contributed by atoms with Gasteiger partial charge in [-0.05, 0) is 36.6 Å². The van der Waals surface area contributed by atoms with E-state index >= 15 is 0 Å². The summed E-state index contributed by atoms with van der Waals surface area (Å²) in [6.45, 7) is 3.87. The average Bonchev–Trinajstić information content (AvgIpc) is 3.04. The molecule has 1 aliphatic heterocycles. The molecule has 110 valence electrons. The third kappa shape index (κ3) is 3.56. The summed E-state index contributed by atoms with van der Waals surface area (Å²) >= 11 is 0. The van der Waals surface area contributed by atoms with Crippen LogP contribution in [0.4, 0.5) is 5.69 Å². The second kappa shape index (κ2) is 6.64. The van der Waals surface area contributed by atoms with Gasteiger partial charge >= 0.3 is 0 Å². The van der Waals surface area contributed by atoms with Crippen molar-refractivity contribution < 1.29 is 5.11 Å². The van der Waals surface area contributed by atoms with Crippen LogP contribution in [0, 0.1) is 0 Å². The van der Waals surface area contributed by atoms with Gasteiger partial charge in [0, 0.05) is 37.4 Å². The highest BCUT2D eigenvalue weighted by Crippen LogP contribution is 2.20. The molecule has 0 unspecified atom stereocenters. The van der Waals surface area contributed by atoms with Gasteiger partial charge in [-0.2, -0.15) is 0 Å². The van der Waals surface area contributed by atoms with Gasteiger partial charge in [0.05, 0.1) is 0 Å². The van der Waals surface area contributed by atoms with Gasteiger partial charge < -0.3 is 15.3 Å². The zero-order valence-electron chi connectivity index (χ0n) is 12.3. The number of benzene rings is 2. The van der Waals surface area contributed by atoms with Gasteiger partial charge in [-0.1, -0.05) is 30.3 Å². The molecule has 0 bridgehead atoms. The van der Waals surface area contributed by atoms with Crippen molar-refractivity contribution in [3.8, 4) is 5.75 Å². The van der Waals surface area contributed by atoms with Crippen molar-refractivity contribution in [2.75, 3.05) is 18.0 Å². The second-order valence-electron chi connectivity index (χ2n) is 5.59. The summed E-state index contributed by atoms with van der Waals surface area (Å²) in [5, 5.41) is 13.1. The molecule has 0 aromatic heterocycles. The lowest BCUT2D eigenvalue weighted by Crippen LogP contribution is -2.17. The number of hydrogen-bond donors (Lipinski definition) is 2. The molecule has 2 aromatic carbocycles. The molecular weight excluding hydrogens is 260 g/mol. The minimum Gasteiger partial charge on any atom is -0.508 e. The highest BCUT2D eigenvalue weighted by atomic mass is 16.3. The Balaban J connectivity index is 1.52. The maximum Gasteiger partial charge on any atom is 0.120 e. The Labute approximate surface area is 126 Å². The second-order valence-corrected chi connectivity index (χ2v) is 5.59. The summed E-state index contributed by atoms with van der Waals surface area (Å²) in [4.78, 5) is 2.44. The molecule has 0 amide bonds. The van der Waals surface area contributed by atoms with Crippen LogP contribution in [0.3, 0.4) is 0 Å². The zero-order chi connectivity index (χ0) is 14.5. The number of phenolic OH excluding ortho intramolecular Hbond substituents is 1. The lowest BCUT2D eigenvalue weighted by molar-refractivity contribution is 0.464. The Bertz CT molecular complexity index is 574. The number of anilines is 1. The molecule has 1 saturated heterocycles. The molecule has 3 rings (SSSR count). The minimum absolute atomic E-state index is 0.356. The molecule has 3 heteroatoms. The van der Waals surface area contributed by atoms with E-state index in [1.807, 2.05) is 18.2 Å². The SMILES string of the molecule is Oc1ccccc1CNCc1ccc(N2CCCC2)cc1. The Kier molecular flexibility index (Phi) is 4.41. The van der Waals surface area contributed by atoms with Crippen molar-refractivity contribution >= 4 is 5.69 Å². The Morgan fingerprint density at radius 1 is 0.905 bits per heavy atom. The van der Waals surface area contributed by atoms with Gasteiger partial charge in [-0.25, -0.2) is 0 Å². The Morgan fingerprint density at radius 2 is 1.62 bits per heavy atom. The summed E-state index contributed by atoms with van der Waals surface area (Å²) in [7, 11) is 0. The standard InChI is InChI=1S/C18H22N2O/c21-18-6-2-1-5-16(18)14-19-13-15-7-9-17(10-8-15)20-11-3-4-12-20/h1-2,5-10,19,21H,3-4,11-14H2. The molecule has 0 aliphatic carbocycles. The quantitative estimate of drug-likeness (QED) is 0.883. The van der Waals surface area contributed by atoms with Gasteiger partial charge in [0.15, 0.2) is 0 Å². The summed E-state index contributed by atoms with van der Waals surface area (Å²) < 4.78 is 0. The predicted octanol–water partition coefficient (Wildman–Crippen LogP) is 3.28. The van der Waals surface area contributed by atoms with E-state index in [2.05, 4.69) is 34.5 Å². The number of hydrogen-bond acceptors (Lipinski definition) is 3. The van der Waals surface area contributed by atoms with E-state index in [9.17, 15) is 5.11 Å². The van der Waals surface area contributed by atoms with Crippen molar-refractivity contribution in [3.05, 3.63) is 59.7 Å². The smallest absolute Gasteiger partial charge is 0.120 e. The minimum atomic E-state index is 0.356. The number of rotatable bonds is 5. The van der Waals surface area contributed by atoms with Crippen LogP contribution in [-0.4, -0.2) is 18.2 Å². The molecule has 2 N–H and O–H groups in total. The topological polar surface area (TPSA) is 35.5 Å². The van der Waals surface area contributed by atoms with Crippen LogP contribution in [0.1, 0.15) is 24.0 Å². The third-order valence-electron chi connectivity index (χ3n) is 4.04. The Morgan fingerprint density at radius 3 is 2.33 bits per heavy atom. The fraction of sp³-hybridized carbons (Fsp3) is 0.333. The maximum atomic E-state index is 9.72. The lowest BCUT2D eigenvalue weighted by Gasteiger charge is -2.17. The average molecular weight is 282 g/mol. The summed E-state index contributed by atoms with van der Waals surface area (Å²) in [5.41, 5.74) is 3.54. The van der Waals surface area contributed by atoms with Gasteiger partial charge in [0.2, 0.25) is 0 Å². The van der Waals surface area contributed by atoms with Gasteiger partial charge in [-0.15, -0.1) is 0 Å². The molecule has 1 aliphatic rings. The first-order valence-electron chi connectivity index (χ1n) is 7.64. The van der Waals surface area contributed by atoms with Crippen molar-refractivity contribution in [2.24, 2.45) is 0 Å². The third-order valence-corrected chi connectivity index (χ3v) is 4.04. The molecule has 0 atom stereocenters. The molecule has 2 aromatic rings. The molecular formula is C18H22N2O. The van der Waals surface area contributed by atoms with E-state index in [1.165, 1.54) is 37.2 Å². The number of nitrogens with one attached hydrogen (secondary N) is 1. The van der Waals surface area contributed by atoms with Crippen LogP contribution in [-0.2, 0) is 13.1 Å². The fourth-order valence-electron chi connectivity index (χ4n) is 2.80. The summed E-state index contributed by atoms with van der Waals surface area (Å²) in [5.74, 6) is 0.356. The number of para-hydroxylation sites is 1. The van der Waals surface area contributed by atoms with Crippen LogP contribution in [0.25, 0.3) is 0 Å². The molecule has 3 nitrogen and oxygen atoms in total. The first kappa shape index (κ1) is 14.0. The monoisotopic (exact) mass is 282 g/mol. The van der Waals surface area contributed by atoms with Crippen molar-refractivity contribution in [3.63, 3.8) is 0 Å². The highest BCUT2D eigenvalue weighted by Gasteiger charge is 2.11. The van der Waals surface area contributed by atoms with E-state index in [1.54, 1.807) is 6.07 Å². The molecule has 1 heterocycles.